The third-order valence-electron chi connectivity index (χ3n) is 3.20. The van der Waals surface area contributed by atoms with Crippen molar-refractivity contribution in [3.8, 4) is 0 Å². The number of nitro groups is 1. The van der Waals surface area contributed by atoms with Crippen LogP contribution in [0.2, 0.25) is 0 Å². The van der Waals surface area contributed by atoms with Gasteiger partial charge in [-0.2, -0.15) is 0 Å². The summed E-state index contributed by atoms with van der Waals surface area (Å²) in [5, 5.41) is 10.9. The van der Waals surface area contributed by atoms with Crippen molar-refractivity contribution < 1.29 is 9.72 Å². The molecule has 1 aromatic rings. The minimum absolute atomic E-state index is 0.0730. The molecular formula is C14H17BrN2O3. The molecule has 0 saturated heterocycles. The van der Waals surface area contributed by atoms with Crippen molar-refractivity contribution in [3.05, 3.63) is 38.3 Å². The molecule has 0 N–H and O–H groups in total. The molecule has 0 atom stereocenters. The largest absolute Gasteiger partial charge is 0.335 e. The number of nitro benzene ring substituents is 1. The maximum Gasteiger partial charge on any atom is 0.284 e. The number of carbonyl (C=O) groups excluding carboxylic acids is 1. The third-order valence-corrected chi connectivity index (χ3v) is 3.87. The van der Waals surface area contributed by atoms with Crippen LogP contribution in [0.25, 0.3) is 0 Å². The summed E-state index contributed by atoms with van der Waals surface area (Å²) in [6, 6.07) is 4.84. The van der Waals surface area contributed by atoms with E-state index in [9.17, 15) is 14.9 Å². The molecule has 1 aromatic carbocycles. The third kappa shape index (κ3) is 3.36. The number of nitrogens with zero attached hydrogens (tertiary/aromatic N) is 2. The van der Waals surface area contributed by atoms with E-state index in [1.165, 1.54) is 6.07 Å². The monoisotopic (exact) mass is 340 g/mol. The van der Waals surface area contributed by atoms with Crippen LogP contribution in [0.15, 0.2) is 22.7 Å². The summed E-state index contributed by atoms with van der Waals surface area (Å²) in [5.74, 6) is 0.266. The number of carbonyl (C=O) groups is 1. The van der Waals surface area contributed by atoms with Gasteiger partial charge in [0.15, 0.2) is 0 Å². The lowest BCUT2D eigenvalue weighted by Gasteiger charge is -2.24. The van der Waals surface area contributed by atoms with E-state index in [1.807, 2.05) is 4.90 Å². The Hall–Kier alpha value is -1.43. The fourth-order valence-corrected chi connectivity index (χ4v) is 2.52. The average molecular weight is 341 g/mol. The lowest BCUT2D eigenvalue weighted by molar-refractivity contribution is -0.385. The van der Waals surface area contributed by atoms with Crippen LogP contribution in [0.4, 0.5) is 5.69 Å². The number of halogens is 1. The van der Waals surface area contributed by atoms with Gasteiger partial charge in [-0.25, -0.2) is 0 Å². The van der Waals surface area contributed by atoms with E-state index < -0.39 is 4.92 Å². The molecule has 0 aromatic heterocycles. The van der Waals surface area contributed by atoms with Gasteiger partial charge in [0.1, 0.15) is 0 Å². The average Bonchev–Trinajstić information content (AvgIpc) is 3.19. The molecule has 108 valence electrons. The second-order valence-electron chi connectivity index (χ2n) is 5.51. The van der Waals surface area contributed by atoms with Crippen LogP contribution < -0.4 is 0 Å². The molecule has 0 radical (unpaired) electrons. The van der Waals surface area contributed by atoms with Crippen molar-refractivity contribution in [3.63, 3.8) is 0 Å². The van der Waals surface area contributed by atoms with Crippen LogP contribution >= 0.6 is 15.9 Å². The normalized spacial score (nSPS) is 14.4. The highest BCUT2D eigenvalue weighted by Gasteiger charge is 2.33. The first-order valence-corrected chi connectivity index (χ1v) is 7.44. The number of hydrogen-bond acceptors (Lipinski definition) is 3. The lowest BCUT2D eigenvalue weighted by Crippen LogP contribution is -2.36. The Morgan fingerprint density at radius 3 is 2.65 bits per heavy atom. The van der Waals surface area contributed by atoms with Crippen LogP contribution in [0.3, 0.4) is 0 Å². The highest BCUT2D eigenvalue weighted by molar-refractivity contribution is 9.10. The first-order valence-electron chi connectivity index (χ1n) is 6.65. The van der Waals surface area contributed by atoms with E-state index in [2.05, 4.69) is 29.8 Å². The quantitative estimate of drug-likeness (QED) is 0.607. The topological polar surface area (TPSA) is 63.5 Å². The molecule has 0 bridgehead atoms. The second-order valence-corrected chi connectivity index (χ2v) is 6.36. The summed E-state index contributed by atoms with van der Waals surface area (Å²) in [7, 11) is 0. The Morgan fingerprint density at radius 2 is 2.15 bits per heavy atom. The van der Waals surface area contributed by atoms with Gasteiger partial charge in [0.05, 0.1) is 9.40 Å². The zero-order chi connectivity index (χ0) is 14.9. The van der Waals surface area contributed by atoms with Gasteiger partial charge in [-0.3, -0.25) is 14.9 Å². The number of hydrogen-bond donors (Lipinski definition) is 0. The molecule has 0 heterocycles. The van der Waals surface area contributed by atoms with Crippen LogP contribution in [-0.4, -0.2) is 28.3 Å². The minimum Gasteiger partial charge on any atom is -0.335 e. The Kier molecular flexibility index (Phi) is 4.42. The second kappa shape index (κ2) is 5.91. The van der Waals surface area contributed by atoms with Crippen molar-refractivity contribution >= 4 is 27.5 Å². The van der Waals surface area contributed by atoms with Gasteiger partial charge in [0, 0.05) is 24.2 Å². The Bertz CT molecular complexity index is 541. The molecule has 0 aliphatic heterocycles. The van der Waals surface area contributed by atoms with Crippen molar-refractivity contribution in [1.82, 2.24) is 4.90 Å². The maximum absolute atomic E-state index is 12.5. The molecule has 2 rings (SSSR count). The summed E-state index contributed by atoms with van der Waals surface area (Å²) in [6.07, 6.45) is 2.05. The van der Waals surface area contributed by atoms with Gasteiger partial charge in [-0.05, 0) is 46.8 Å². The van der Waals surface area contributed by atoms with Crippen LogP contribution in [0.1, 0.15) is 37.0 Å². The van der Waals surface area contributed by atoms with E-state index >= 15 is 0 Å². The summed E-state index contributed by atoms with van der Waals surface area (Å²) < 4.78 is 0.390. The van der Waals surface area contributed by atoms with Gasteiger partial charge in [-0.1, -0.05) is 13.8 Å². The van der Waals surface area contributed by atoms with E-state index in [4.69, 9.17) is 0 Å². The van der Waals surface area contributed by atoms with E-state index in [0.29, 0.717) is 28.5 Å². The summed E-state index contributed by atoms with van der Waals surface area (Å²) in [4.78, 5) is 24.8. The molecule has 1 amide bonds. The van der Waals surface area contributed by atoms with Crippen molar-refractivity contribution in [1.29, 1.82) is 0 Å². The lowest BCUT2D eigenvalue weighted by atomic mass is 10.1. The standard InChI is InChI=1S/C14H17BrN2O3/c1-9(2)8-16(11-4-5-11)14(18)10-3-6-12(15)13(7-10)17(19)20/h3,6-7,9,11H,4-5,8H2,1-2H3. The Morgan fingerprint density at radius 1 is 1.50 bits per heavy atom. The fraction of sp³-hybridized carbons (Fsp3) is 0.500. The number of amides is 1. The predicted octanol–water partition coefficient (Wildman–Crippen LogP) is 3.62. The SMILES string of the molecule is CC(C)CN(C(=O)c1ccc(Br)c([N+](=O)[O-])c1)C1CC1. The Labute approximate surface area is 126 Å². The predicted molar refractivity (Wildman–Crippen MR) is 79.7 cm³/mol. The summed E-state index contributed by atoms with van der Waals surface area (Å²) >= 11 is 3.13. The molecule has 5 nitrogen and oxygen atoms in total. The maximum atomic E-state index is 12.5. The van der Waals surface area contributed by atoms with Crippen molar-refractivity contribution in [2.45, 2.75) is 32.7 Å². The van der Waals surface area contributed by atoms with E-state index in [1.54, 1.807) is 12.1 Å². The molecule has 0 spiro atoms. The van der Waals surface area contributed by atoms with Crippen LogP contribution in [0.5, 0.6) is 0 Å². The van der Waals surface area contributed by atoms with Crippen molar-refractivity contribution in [2.75, 3.05) is 6.54 Å². The molecule has 0 unspecified atom stereocenters. The van der Waals surface area contributed by atoms with Crippen molar-refractivity contribution in [2.24, 2.45) is 5.92 Å². The highest BCUT2D eigenvalue weighted by atomic mass is 79.9. The molecule has 1 aliphatic rings. The van der Waals surface area contributed by atoms with E-state index in [0.717, 1.165) is 12.8 Å². The van der Waals surface area contributed by atoms with Gasteiger partial charge in [0.2, 0.25) is 0 Å². The molecule has 1 fully saturated rings. The molecule has 1 aliphatic carbocycles. The number of benzene rings is 1. The first-order chi connectivity index (χ1) is 9.40. The number of rotatable bonds is 5. The smallest absolute Gasteiger partial charge is 0.284 e. The zero-order valence-electron chi connectivity index (χ0n) is 11.5. The molecule has 20 heavy (non-hydrogen) atoms. The minimum atomic E-state index is -0.481. The zero-order valence-corrected chi connectivity index (χ0v) is 13.1. The van der Waals surface area contributed by atoms with Gasteiger partial charge in [0.25, 0.3) is 11.6 Å². The van der Waals surface area contributed by atoms with Crippen LogP contribution in [-0.2, 0) is 0 Å². The summed E-state index contributed by atoms with van der Waals surface area (Å²) in [6.45, 7) is 4.81. The van der Waals surface area contributed by atoms with Gasteiger partial charge < -0.3 is 4.90 Å². The fourth-order valence-electron chi connectivity index (χ4n) is 2.13. The van der Waals surface area contributed by atoms with Gasteiger partial charge in [-0.15, -0.1) is 0 Å². The van der Waals surface area contributed by atoms with E-state index in [-0.39, 0.29) is 11.6 Å². The summed E-state index contributed by atoms with van der Waals surface area (Å²) in [5.41, 5.74) is 0.309. The molecule has 1 saturated carbocycles. The highest BCUT2D eigenvalue weighted by Crippen LogP contribution is 2.31. The Balaban J connectivity index is 2.27. The molecule has 6 heteroatoms. The van der Waals surface area contributed by atoms with Crippen LogP contribution in [0, 0.1) is 16.0 Å². The van der Waals surface area contributed by atoms with Gasteiger partial charge >= 0.3 is 0 Å². The molecular weight excluding hydrogens is 324 g/mol. The first kappa shape index (κ1) is 15.0.